The average Bonchev–Trinajstić information content (AvgIpc) is 2.88. The van der Waals surface area contributed by atoms with Crippen LogP contribution in [0.2, 0.25) is 0 Å². The normalized spacial score (nSPS) is 20.9. The van der Waals surface area contributed by atoms with Crippen LogP contribution in [0.25, 0.3) is 0 Å². The van der Waals surface area contributed by atoms with Gasteiger partial charge in [0.1, 0.15) is 5.75 Å². The number of halogens is 1. The van der Waals surface area contributed by atoms with Crippen molar-refractivity contribution in [2.75, 3.05) is 20.8 Å². The average molecular weight is 314 g/mol. The summed E-state index contributed by atoms with van der Waals surface area (Å²) < 4.78 is 12.0. The van der Waals surface area contributed by atoms with Crippen molar-refractivity contribution in [1.82, 2.24) is 5.32 Å². The highest BCUT2D eigenvalue weighted by molar-refractivity contribution is 9.10. The van der Waals surface area contributed by atoms with Crippen molar-refractivity contribution in [3.8, 4) is 5.75 Å². The number of nitrogens with one attached hydrogen (secondary N) is 1. The van der Waals surface area contributed by atoms with Gasteiger partial charge in [-0.2, -0.15) is 0 Å². The monoisotopic (exact) mass is 313 g/mol. The van der Waals surface area contributed by atoms with Gasteiger partial charge < -0.3 is 14.8 Å². The minimum absolute atomic E-state index is 0.329. The zero-order valence-electron chi connectivity index (χ0n) is 10.9. The lowest BCUT2D eigenvalue weighted by Crippen LogP contribution is -2.22. The largest absolute Gasteiger partial charge is 0.496 e. The first-order valence-corrected chi connectivity index (χ1v) is 7.16. The van der Waals surface area contributed by atoms with Crippen LogP contribution < -0.4 is 10.1 Å². The van der Waals surface area contributed by atoms with Crippen LogP contribution in [0.5, 0.6) is 5.75 Å². The molecule has 100 valence electrons. The summed E-state index contributed by atoms with van der Waals surface area (Å²) >= 11 is 3.53. The third kappa shape index (κ3) is 3.25. The molecule has 1 heterocycles. The summed E-state index contributed by atoms with van der Waals surface area (Å²) in [5.74, 6) is 0.866. The zero-order chi connectivity index (χ0) is 13.0. The molecule has 3 nitrogen and oxygen atoms in total. The summed E-state index contributed by atoms with van der Waals surface area (Å²) in [6.07, 6.45) is 3.78. The second-order valence-corrected chi connectivity index (χ2v) is 5.46. The molecule has 0 aliphatic carbocycles. The predicted molar refractivity (Wildman–Crippen MR) is 76.1 cm³/mol. The number of rotatable bonds is 5. The first kappa shape index (κ1) is 13.8. The Balaban J connectivity index is 2.08. The number of ether oxygens (including phenoxy) is 2. The maximum atomic E-state index is 5.71. The van der Waals surface area contributed by atoms with Gasteiger partial charge in [0.25, 0.3) is 0 Å². The smallest absolute Gasteiger partial charge is 0.133 e. The third-order valence-corrected chi connectivity index (χ3v) is 4.07. The lowest BCUT2D eigenvalue weighted by Gasteiger charge is -2.21. The van der Waals surface area contributed by atoms with E-state index in [1.54, 1.807) is 7.11 Å². The van der Waals surface area contributed by atoms with E-state index < -0.39 is 0 Å². The number of hydrogen-bond acceptors (Lipinski definition) is 3. The minimum Gasteiger partial charge on any atom is -0.496 e. The molecule has 0 bridgehead atoms. The summed E-state index contributed by atoms with van der Waals surface area (Å²) in [4.78, 5) is 0. The van der Waals surface area contributed by atoms with Gasteiger partial charge in [0, 0.05) is 12.6 Å². The van der Waals surface area contributed by atoms with Crippen molar-refractivity contribution in [2.45, 2.75) is 31.4 Å². The Morgan fingerprint density at radius 3 is 2.94 bits per heavy atom. The second-order valence-electron chi connectivity index (χ2n) is 4.61. The van der Waals surface area contributed by atoms with Crippen molar-refractivity contribution >= 4 is 15.9 Å². The van der Waals surface area contributed by atoms with Crippen molar-refractivity contribution < 1.29 is 9.47 Å². The SMILES string of the molecule is CNC(CC1CCCO1)c1ccc(OC)c(Br)c1. The predicted octanol–water partition coefficient (Wildman–Crippen LogP) is 3.29. The summed E-state index contributed by atoms with van der Waals surface area (Å²) in [5, 5.41) is 3.37. The second kappa shape index (κ2) is 6.55. The van der Waals surface area contributed by atoms with E-state index >= 15 is 0 Å². The van der Waals surface area contributed by atoms with Crippen LogP contribution in [0.3, 0.4) is 0 Å². The van der Waals surface area contributed by atoms with Gasteiger partial charge in [0.05, 0.1) is 17.7 Å². The molecular weight excluding hydrogens is 294 g/mol. The fraction of sp³-hybridized carbons (Fsp3) is 0.571. The van der Waals surface area contributed by atoms with Gasteiger partial charge in [0.2, 0.25) is 0 Å². The van der Waals surface area contributed by atoms with Crippen LogP contribution >= 0.6 is 15.9 Å². The first-order chi connectivity index (χ1) is 8.74. The van der Waals surface area contributed by atoms with E-state index in [1.807, 2.05) is 13.1 Å². The summed E-state index contributed by atoms with van der Waals surface area (Å²) in [7, 11) is 3.68. The Labute approximate surface area is 117 Å². The van der Waals surface area contributed by atoms with Gasteiger partial charge in [-0.3, -0.25) is 0 Å². The molecule has 1 saturated heterocycles. The molecule has 2 rings (SSSR count). The fourth-order valence-electron chi connectivity index (χ4n) is 2.41. The Morgan fingerprint density at radius 2 is 2.39 bits per heavy atom. The third-order valence-electron chi connectivity index (χ3n) is 3.45. The molecule has 0 saturated carbocycles. The lowest BCUT2D eigenvalue weighted by molar-refractivity contribution is 0.0954. The Bertz CT molecular complexity index is 391. The molecule has 0 spiro atoms. The first-order valence-electron chi connectivity index (χ1n) is 6.37. The standard InChI is InChI=1S/C14H20BrNO2/c1-16-13(9-11-4-3-7-18-11)10-5-6-14(17-2)12(15)8-10/h5-6,8,11,13,16H,3-4,7,9H2,1-2H3. The minimum atomic E-state index is 0.329. The Morgan fingerprint density at radius 1 is 1.56 bits per heavy atom. The number of methoxy groups -OCH3 is 1. The highest BCUT2D eigenvalue weighted by Crippen LogP contribution is 2.31. The van der Waals surface area contributed by atoms with Crippen molar-refractivity contribution in [2.24, 2.45) is 0 Å². The van der Waals surface area contributed by atoms with Crippen LogP contribution in [0, 0.1) is 0 Å². The molecule has 1 N–H and O–H groups in total. The highest BCUT2D eigenvalue weighted by atomic mass is 79.9. The van der Waals surface area contributed by atoms with Crippen LogP contribution in [0.15, 0.2) is 22.7 Å². The number of benzene rings is 1. The van der Waals surface area contributed by atoms with Crippen molar-refractivity contribution in [3.63, 3.8) is 0 Å². The number of hydrogen-bond donors (Lipinski definition) is 1. The molecule has 2 atom stereocenters. The quantitative estimate of drug-likeness (QED) is 0.905. The van der Waals surface area contributed by atoms with E-state index in [-0.39, 0.29) is 0 Å². The molecular formula is C14H20BrNO2. The van der Waals surface area contributed by atoms with Crippen molar-refractivity contribution in [3.05, 3.63) is 28.2 Å². The van der Waals surface area contributed by atoms with Crippen LogP contribution in [-0.4, -0.2) is 26.9 Å². The molecule has 1 fully saturated rings. The molecule has 1 aliphatic rings. The maximum Gasteiger partial charge on any atom is 0.133 e. The van der Waals surface area contributed by atoms with E-state index in [0.29, 0.717) is 12.1 Å². The molecule has 0 radical (unpaired) electrons. The Hall–Kier alpha value is -0.580. The molecule has 2 unspecified atom stereocenters. The molecule has 0 amide bonds. The van der Waals surface area contributed by atoms with E-state index in [9.17, 15) is 0 Å². The fourth-order valence-corrected chi connectivity index (χ4v) is 2.97. The van der Waals surface area contributed by atoms with E-state index in [4.69, 9.17) is 9.47 Å². The molecule has 0 aromatic heterocycles. The van der Waals surface area contributed by atoms with E-state index in [0.717, 1.165) is 23.2 Å². The van der Waals surface area contributed by atoms with E-state index in [2.05, 4.69) is 33.4 Å². The van der Waals surface area contributed by atoms with Crippen LogP contribution in [0.4, 0.5) is 0 Å². The topological polar surface area (TPSA) is 30.5 Å². The molecule has 1 aromatic rings. The molecule has 18 heavy (non-hydrogen) atoms. The molecule has 1 aliphatic heterocycles. The van der Waals surface area contributed by atoms with Crippen LogP contribution in [-0.2, 0) is 4.74 Å². The summed E-state index contributed by atoms with van der Waals surface area (Å²) in [6.45, 7) is 0.910. The molecule has 4 heteroatoms. The molecule has 1 aromatic carbocycles. The van der Waals surface area contributed by atoms with Crippen molar-refractivity contribution in [1.29, 1.82) is 0 Å². The van der Waals surface area contributed by atoms with Gasteiger partial charge in [-0.05, 0) is 59.9 Å². The lowest BCUT2D eigenvalue weighted by atomic mass is 9.99. The Kier molecular flexibility index (Phi) is 5.03. The van der Waals surface area contributed by atoms with Gasteiger partial charge in [-0.1, -0.05) is 6.07 Å². The van der Waals surface area contributed by atoms with Gasteiger partial charge >= 0.3 is 0 Å². The summed E-state index contributed by atoms with van der Waals surface area (Å²) in [5.41, 5.74) is 1.26. The summed E-state index contributed by atoms with van der Waals surface area (Å²) in [6, 6.07) is 6.56. The van der Waals surface area contributed by atoms with Gasteiger partial charge in [0.15, 0.2) is 0 Å². The van der Waals surface area contributed by atoms with Crippen LogP contribution in [0.1, 0.15) is 30.9 Å². The van der Waals surface area contributed by atoms with E-state index in [1.165, 1.54) is 18.4 Å². The maximum absolute atomic E-state index is 5.71. The van der Waals surface area contributed by atoms with Gasteiger partial charge in [-0.25, -0.2) is 0 Å². The highest BCUT2D eigenvalue weighted by Gasteiger charge is 2.21. The zero-order valence-corrected chi connectivity index (χ0v) is 12.5. The van der Waals surface area contributed by atoms with Gasteiger partial charge in [-0.15, -0.1) is 0 Å².